The van der Waals surface area contributed by atoms with Gasteiger partial charge >= 0.3 is 0 Å². The Hall–Kier alpha value is -0.160. The van der Waals surface area contributed by atoms with Crippen LogP contribution in [-0.4, -0.2) is 43.7 Å². The van der Waals surface area contributed by atoms with Gasteiger partial charge in [0.15, 0.2) is 0 Å². The van der Waals surface area contributed by atoms with E-state index in [4.69, 9.17) is 20.3 Å². The number of nitrogens with two attached hydrogens (primary N) is 1. The Morgan fingerprint density at radius 1 is 1.07 bits per heavy atom. The lowest BCUT2D eigenvalue weighted by molar-refractivity contribution is 0.0370. The zero-order valence-electron chi connectivity index (χ0n) is 9.88. The van der Waals surface area contributed by atoms with Crippen LogP contribution in [0.2, 0.25) is 0 Å². The Morgan fingerprint density at radius 2 is 1.50 bits per heavy atom. The van der Waals surface area contributed by atoms with E-state index in [1.807, 2.05) is 27.7 Å². The lowest BCUT2D eigenvalue weighted by Crippen LogP contribution is -2.26. The third-order valence-corrected chi connectivity index (χ3v) is 0.812. The lowest BCUT2D eigenvalue weighted by Gasteiger charge is -2.06. The summed E-state index contributed by atoms with van der Waals surface area (Å²) in [5.41, 5.74) is 5.35. The maximum atomic E-state index is 8.26. The van der Waals surface area contributed by atoms with Gasteiger partial charge in [-0.05, 0) is 27.7 Å². The van der Waals surface area contributed by atoms with Crippen LogP contribution in [-0.2, 0) is 9.47 Å². The van der Waals surface area contributed by atoms with E-state index in [9.17, 15) is 0 Å². The Bertz CT molecular complexity index is 90.0. The topological polar surface area (TPSA) is 64.7 Å². The van der Waals surface area contributed by atoms with Crippen LogP contribution < -0.4 is 5.73 Å². The molecule has 14 heavy (non-hydrogen) atoms. The average Bonchev–Trinajstić information content (AvgIpc) is 2.01. The predicted molar refractivity (Wildman–Crippen MR) is 58.3 cm³/mol. The first kappa shape index (κ1) is 16.3. The molecular formula is C10H25NO3. The van der Waals surface area contributed by atoms with E-state index in [1.54, 1.807) is 0 Å². The van der Waals surface area contributed by atoms with E-state index in [0.717, 1.165) is 6.61 Å². The smallest absolute Gasteiger partial charge is 0.0701 e. The lowest BCUT2D eigenvalue weighted by atomic mass is 10.1. The van der Waals surface area contributed by atoms with Gasteiger partial charge < -0.3 is 20.3 Å². The monoisotopic (exact) mass is 207 g/mol. The minimum atomic E-state index is 0. The predicted octanol–water partition coefficient (Wildman–Crippen LogP) is 0.775. The van der Waals surface area contributed by atoms with Gasteiger partial charge in [0.2, 0.25) is 0 Å². The molecule has 88 valence electrons. The molecule has 0 unspecified atom stereocenters. The molecule has 4 heteroatoms. The Kier molecular flexibility index (Phi) is 12.7. The summed E-state index contributed by atoms with van der Waals surface area (Å²) >= 11 is 0. The van der Waals surface area contributed by atoms with Crippen LogP contribution in [0.25, 0.3) is 0 Å². The molecule has 0 aliphatic carbocycles. The normalized spacial score (nSPS) is 10.7. The quantitative estimate of drug-likeness (QED) is 0.632. The van der Waals surface area contributed by atoms with Crippen molar-refractivity contribution >= 4 is 0 Å². The second-order valence-corrected chi connectivity index (χ2v) is 3.90. The van der Waals surface area contributed by atoms with E-state index in [2.05, 4.69) is 0 Å². The second kappa shape index (κ2) is 10.9. The molecule has 0 fully saturated rings. The van der Waals surface area contributed by atoms with Crippen molar-refractivity contribution in [2.24, 2.45) is 5.73 Å². The molecule has 0 radical (unpaired) electrons. The van der Waals surface area contributed by atoms with Gasteiger partial charge in [0.1, 0.15) is 0 Å². The van der Waals surface area contributed by atoms with Crippen LogP contribution in [0.15, 0.2) is 0 Å². The van der Waals surface area contributed by atoms with E-state index < -0.39 is 0 Å². The molecule has 4 nitrogen and oxygen atoms in total. The highest BCUT2D eigenvalue weighted by Crippen LogP contribution is 1.88. The van der Waals surface area contributed by atoms with Gasteiger partial charge in [-0.25, -0.2) is 0 Å². The molecule has 0 aromatic rings. The van der Waals surface area contributed by atoms with Gasteiger partial charge in [0.25, 0.3) is 0 Å². The van der Waals surface area contributed by atoms with Gasteiger partial charge in [0, 0.05) is 12.1 Å². The van der Waals surface area contributed by atoms with Gasteiger partial charge in [-0.1, -0.05) is 0 Å². The second-order valence-electron chi connectivity index (χ2n) is 3.90. The molecule has 0 rings (SSSR count). The minimum absolute atomic E-state index is 0. The molecule has 0 aromatic heterocycles. The number of aliphatic hydroxyl groups is 1. The summed E-state index contributed by atoms with van der Waals surface area (Å²) in [5.74, 6) is 0. The van der Waals surface area contributed by atoms with Gasteiger partial charge in [0.05, 0.1) is 26.4 Å². The van der Waals surface area contributed by atoms with E-state index >= 15 is 0 Å². The fourth-order valence-corrected chi connectivity index (χ4v) is 0.429. The van der Waals surface area contributed by atoms with Crippen molar-refractivity contribution in [3.8, 4) is 0 Å². The third kappa shape index (κ3) is 40.8. The Balaban J connectivity index is 0. The molecule has 0 aliphatic heterocycles. The van der Waals surface area contributed by atoms with Crippen molar-refractivity contribution in [2.75, 3.05) is 33.0 Å². The van der Waals surface area contributed by atoms with Crippen molar-refractivity contribution < 1.29 is 14.6 Å². The molecule has 0 spiro atoms. The van der Waals surface area contributed by atoms with Crippen LogP contribution in [0, 0.1) is 0 Å². The first-order valence-corrected chi connectivity index (χ1v) is 4.97. The zero-order valence-corrected chi connectivity index (χ0v) is 9.88. The van der Waals surface area contributed by atoms with Crippen molar-refractivity contribution in [1.82, 2.24) is 0 Å². The van der Waals surface area contributed by atoms with Crippen molar-refractivity contribution in [1.29, 1.82) is 0 Å². The van der Waals surface area contributed by atoms with Crippen molar-refractivity contribution in [3.63, 3.8) is 0 Å². The maximum absolute atomic E-state index is 8.26. The zero-order chi connectivity index (χ0) is 11.4. The first-order chi connectivity index (χ1) is 6.41. The summed E-state index contributed by atoms with van der Waals surface area (Å²) in [7, 11) is 0. The first-order valence-electron chi connectivity index (χ1n) is 4.97. The molecule has 0 bridgehead atoms. The largest absolute Gasteiger partial charge is 0.394 e. The highest BCUT2D eigenvalue weighted by Gasteiger charge is 1.95. The molecule has 0 amide bonds. The Labute approximate surface area is 87.4 Å². The third-order valence-electron chi connectivity index (χ3n) is 0.812. The summed E-state index contributed by atoms with van der Waals surface area (Å²) < 4.78 is 9.88. The summed E-state index contributed by atoms with van der Waals surface area (Å²) in [6.07, 6.45) is 0. The van der Waals surface area contributed by atoms with Gasteiger partial charge in [-0.2, -0.15) is 0 Å². The van der Waals surface area contributed by atoms with Gasteiger partial charge in [-0.15, -0.1) is 0 Å². The van der Waals surface area contributed by atoms with Crippen LogP contribution >= 0.6 is 0 Å². The molecule has 0 atom stereocenters. The number of ether oxygens (including phenoxy) is 2. The fourth-order valence-electron chi connectivity index (χ4n) is 0.429. The van der Waals surface area contributed by atoms with Crippen LogP contribution in [0.5, 0.6) is 0 Å². The number of rotatable bonds is 6. The highest BCUT2D eigenvalue weighted by atomic mass is 16.5. The highest BCUT2D eigenvalue weighted by molar-refractivity contribution is 4.60. The summed E-state index contributed by atoms with van der Waals surface area (Å²) in [6, 6.07) is 0. The van der Waals surface area contributed by atoms with Crippen LogP contribution in [0.1, 0.15) is 27.7 Å². The molecule has 0 aliphatic rings. The molecule has 0 aromatic carbocycles. The SMILES string of the molecule is CC(C)(C)N.CCOCCOCCO. The van der Waals surface area contributed by atoms with Crippen molar-refractivity contribution in [3.05, 3.63) is 0 Å². The van der Waals surface area contributed by atoms with Crippen molar-refractivity contribution in [2.45, 2.75) is 33.2 Å². The van der Waals surface area contributed by atoms with E-state index in [-0.39, 0.29) is 12.1 Å². The maximum Gasteiger partial charge on any atom is 0.0701 e. The Morgan fingerprint density at radius 3 is 1.86 bits per heavy atom. The summed E-state index contributed by atoms with van der Waals surface area (Å²) in [6.45, 7) is 10.3. The summed E-state index contributed by atoms with van der Waals surface area (Å²) in [5, 5.41) is 8.26. The average molecular weight is 207 g/mol. The van der Waals surface area contributed by atoms with E-state index in [1.165, 1.54) is 0 Å². The molecule has 0 heterocycles. The van der Waals surface area contributed by atoms with Crippen LogP contribution in [0.3, 0.4) is 0 Å². The standard InChI is InChI=1S/C6H14O3.C4H11N/c1-2-8-5-6-9-4-3-7;1-4(2,3)5/h7H,2-6H2,1H3;5H2,1-3H3. The molecular weight excluding hydrogens is 182 g/mol. The van der Waals surface area contributed by atoms with Gasteiger partial charge in [-0.3, -0.25) is 0 Å². The molecule has 0 saturated carbocycles. The number of hydrogen-bond donors (Lipinski definition) is 2. The number of aliphatic hydroxyl groups excluding tert-OH is 1. The van der Waals surface area contributed by atoms with E-state index in [0.29, 0.717) is 19.8 Å². The number of hydrogen-bond acceptors (Lipinski definition) is 4. The molecule has 3 N–H and O–H groups in total. The summed E-state index contributed by atoms with van der Waals surface area (Å²) in [4.78, 5) is 0. The molecule has 0 saturated heterocycles. The minimum Gasteiger partial charge on any atom is -0.394 e. The van der Waals surface area contributed by atoms with Crippen LogP contribution in [0.4, 0.5) is 0 Å². The fraction of sp³-hybridized carbons (Fsp3) is 1.00.